The summed E-state index contributed by atoms with van der Waals surface area (Å²) in [6.45, 7) is 5.30. The minimum Gasteiger partial charge on any atom is -0.353 e. The van der Waals surface area contributed by atoms with Crippen molar-refractivity contribution in [2.45, 2.75) is 58.5 Å². The average molecular weight is 423 g/mol. The van der Waals surface area contributed by atoms with Crippen LogP contribution in [-0.4, -0.2) is 16.5 Å². The van der Waals surface area contributed by atoms with E-state index >= 15 is 0 Å². The van der Waals surface area contributed by atoms with Gasteiger partial charge in [-0.15, -0.1) is 0 Å². The molecular formula is C26H31ClN2O. The van der Waals surface area contributed by atoms with Crippen LogP contribution in [-0.2, 0) is 17.8 Å². The number of halogens is 1. The Morgan fingerprint density at radius 2 is 1.83 bits per heavy atom. The zero-order valence-electron chi connectivity index (χ0n) is 17.9. The summed E-state index contributed by atoms with van der Waals surface area (Å²) in [5, 5.41) is 5.31. The van der Waals surface area contributed by atoms with E-state index in [0.29, 0.717) is 24.3 Å². The Morgan fingerprint density at radius 1 is 1.07 bits per heavy atom. The van der Waals surface area contributed by atoms with Crippen LogP contribution in [0.4, 0.5) is 0 Å². The van der Waals surface area contributed by atoms with Gasteiger partial charge in [0.25, 0.3) is 0 Å². The molecule has 1 saturated carbocycles. The smallest absolute Gasteiger partial charge is 0.220 e. The van der Waals surface area contributed by atoms with E-state index in [1.807, 2.05) is 18.2 Å². The second-order valence-corrected chi connectivity index (χ2v) is 9.24. The molecule has 1 aliphatic rings. The minimum absolute atomic E-state index is 0.170. The van der Waals surface area contributed by atoms with Gasteiger partial charge in [-0.1, -0.05) is 74.7 Å². The summed E-state index contributed by atoms with van der Waals surface area (Å²) in [6.07, 6.45) is 7.06. The maximum Gasteiger partial charge on any atom is 0.220 e. The normalized spacial score (nSPS) is 21.6. The number of hydrogen-bond donors (Lipinski definition) is 1. The molecule has 1 aliphatic carbocycles. The molecule has 158 valence electrons. The van der Waals surface area contributed by atoms with E-state index in [1.165, 1.54) is 29.3 Å². The van der Waals surface area contributed by atoms with Crippen molar-refractivity contribution in [2.24, 2.45) is 11.8 Å². The fraction of sp³-hybridized carbons (Fsp3) is 0.423. The first kappa shape index (κ1) is 21.0. The first-order valence-corrected chi connectivity index (χ1v) is 11.5. The van der Waals surface area contributed by atoms with Crippen LogP contribution in [0.15, 0.2) is 54.7 Å². The van der Waals surface area contributed by atoms with Crippen LogP contribution in [0.1, 0.15) is 50.7 Å². The highest BCUT2D eigenvalue weighted by molar-refractivity contribution is 6.31. The molecule has 1 N–H and O–H groups in total. The van der Waals surface area contributed by atoms with Gasteiger partial charge in [0.15, 0.2) is 0 Å². The van der Waals surface area contributed by atoms with Crippen LogP contribution in [0.25, 0.3) is 10.9 Å². The van der Waals surface area contributed by atoms with Crippen molar-refractivity contribution in [1.82, 2.24) is 9.88 Å². The third kappa shape index (κ3) is 4.57. The van der Waals surface area contributed by atoms with Crippen LogP contribution >= 0.6 is 11.6 Å². The van der Waals surface area contributed by atoms with Gasteiger partial charge in [-0.05, 0) is 47.9 Å². The number of para-hydroxylation sites is 1. The van der Waals surface area contributed by atoms with E-state index in [4.69, 9.17) is 11.6 Å². The third-order valence-corrected chi connectivity index (χ3v) is 7.21. The van der Waals surface area contributed by atoms with Gasteiger partial charge in [0, 0.05) is 41.1 Å². The van der Waals surface area contributed by atoms with Gasteiger partial charge in [-0.2, -0.15) is 0 Å². The van der Waals surface area contributed by atoms with E-state index in [1.54, 1.807) is 0 Å². The largest absolute Gasteiger partial charge is 0.353 e. The van der Waals surface area contributed by atoms with Gasteiger partial charge in [0.2, 0.25) is 5.91 Å². The lowest BCUT2D eigenvalue weighted by Crippen LogP contribution is -2.43. The molecule has 3 unspecified atom stereocenters. The van der Waals surface area contributed by atoms with Crippen LogP contribution in [0.5, 0.6) is 0 Å². The fourth-order valence-corrected chi connectivity index (χ4v) is 4.97. The lowest BCUT2D eigenvalue weighted by molar-refractivity contribution is -0.122. The van der Waals surface area contributed by atoms with Crippen LogP contribution in [0.3, 0.4) is 0 Å². The SMILES string of the molecule is CC1CCCC(NC(=O)CCc2cn(Cc3ccccc3Cl)c3ccccc23)C1C. The van der Waals surface area contributed by atoms with Crippen molar-refractivity contribution >= 4 is 28.4 Å². The van der Waals surface area contributed by atoms with E-state index < -0.39 is 0 Å². The fourth-order valence-electron chi connectivity index (χ4n) is 4.78. The van der Waals surface area contributed by atoms with E-state index in [9.17, 15) is 4.79 Å². The molecule has 3 nitrogen and oxygen atoms in total. The topological polar surface area (TPSA) is 34.0 Å². The molecule has 1 fully saturated rings. The Hall–Kier alpha value is -2.26. The summed E-state index contributed by atoms with van der Waals surface area (Å²) in [6, 6.07) is 16.7. The second-order valence-electron chi connectivity index (χ2n) is 8.83. The molecule has 3 aromatic rings. The molecule has 0 saturated heterocycles. The standard InChI is InChI=1S/C26H31ClN2O/c1-18-8-7-12-24(19(18)2)28-26(30)15-14-20-16-29(25-13-6-4-10-22(20)25)17-21-9-3-5-11-23(21)27/h3-6,9-11,13,16,18-19,24H,7-8,12,14-15,17H2,1-2H3,(H,28,30). The predicted octanol–water partition coefficient (Wildman–Crippen LogP) is 6.22. The number of aryl methyl sites for hydroxylation is 1. The molecule has 3 atom stereocenters. The van der Waals surface area contributed by atoms with Crippen molar-refractivity contribution in [1.29, 1.82) is 0 Å². The van der Waals surface area contributed by atoms with Crippen molar-refractivity contribution in [3.05, 3.63) is 70.9 Å². The summed E-state index contributed by atoms with van der Waals surface area (Å²) < 4.78 is 2.24. The van der Waals surface area contributed by atoms with E-state index in [-0.39, 0.29) is 5.91 Å². The Balaban J connectivity index is 1.47. The predicted molar refractivity (Wildman–Crippen MR) is 125 cm³/mol. The Kier molecular flexibility index (Phi) is 6.48. The summed E-state index contributed by atoms with van der Waals surface area (Å²) in [5.41, 5.74) is 3.50. The molecule has 0 spiro atoms. The summed E-state index contributed by atoms with van der Waals surface area (Å²) >= 11 is 6.38. The number of aromatic nitrogens is 1. The molecule has 1 heterocycles. The van der Waals surface area contributed by atoms with Gasteiger partial charge in [-0.3, -0.25) is 4.79 Å². The van der Waals surface area contributed by atoms with Crippen molar-refractivity contribution < 1.29 is 4.79 Å². The highest BCUT2D eigenvalue weighted by Gasteiger charge is 2.28. The van der Waals surface area contributed by atoms with E-state index in [0.717, 1.165) is 30.0 Å². The number of nitrogens with zero attached hydrogens (tertiary/aromatic N) is 1. The minimum atomic E-state index is 0.170. The van der Waals surface area contributed by atoms with Gasteiger partial charge in [-0.25, -0.2) is 0 Å². The number of rotatable bonds is 6. The lowest BCUT2D eigenvalue weighted by Gasteiger charge is -2.34. The highest BCUT2D eigenvalue weighted by Crippen LogP contribution is 2.30. The summed E-state index contributed by atoms with van der Waals surface area (Å²) in [5.74, 6) is 1.41. The quantitative estimate of drug-likeness (QED) is 0.502. The second kappa shape index (κ2) is 9.26. The maximum atomic E-state index is 12.7. The summed E-state index contributed by atoms with van der Waals surface area (Å²) in [7, 11) is 0. The van der Waals surface area contributed by atoms with Crippen LogP contribution in [0, 0.1) is 11.8 Å². The van der Waals surface area contributed by atoms with Gasteiger partial charge in [0.1, 0.15) is 0 Å². The van der Waals surface area contributed by atoms with Gasteiger partial charge < -0.3 is 9.88 Å². The Bertz CT molecular complexity index is 1020. The van der Waals surface area contributed by atoms with Crippen LogP contribution < -0.4 is 5.32 Å². The average Bonchev–Trinajstić information content (AvgIpc) is 3.09. The lowest BCUT2D eigenvalue weighted by atomic mass is 9.78. The molecule has 4 rings (SSSR count). The molecule has 0 aliphatic heterocycles. The molecule has 30 heavy (non-hydrogen) atoms. The highest BCUT2D eigenvalue weighted by atomic mass is 35.5. The third-order valence-electron chi connectivity index (χ3n) is 6.84. The number of amides is 1. The monoisotopic (exact) mass is 422 g/mol. The molecule has 2 aromatic carbocycles. The Labute approximate surface area is 184 Å². The van der Waals surface area contributed by atoms with Gasteiger partial charge >= 0.3 is 0 Å². The zero-order chi connectivity index (χ0) is 21.1. The number of benzene rings is 2. The molecular weight excluding hydrogens is 392 g/mol. The molecule has 1 aromatic heterocycles. The van der Waals surface area contributed by atoms with Crippen LogP contribution in [0.2, 0.25) is 5.02 Å². The number of hydrogen-bond acceptors (Lipinski definition) is 1. The van der Waals surface area contributed by atoms with E-state index in [2.05, 4.69) is 60.3 Å². The number of nitrogens with one attached hydrogen (secondary N) is 1. The number of carbonyl (C=O) groups excluding carboxylic acids is 1. The van der Waals surface area contributed by atoms with Gasteiger partial charge in [0.05, 0.1) is 0 Å². The van der Waals surface area contributed by atoms with Crippen molar-refractivity contribution in [3.8, 4) is 0 Å². The first-order chi connectivity index (χ1) is 14.5. The number of carbonyl (C=O) groups is 1. The molecule has 4 heteroatoms. The first-order valence-electron chi connectivity index (χ1n) is 11.1. The molecule has 1 amide bonds. The zero-order valence-corrected chi connectivity index (χ0v) is 18.7. The maximum absolute atomic E-state index is 12.7. The summed E-state index contributed by atoms with van der Waals surface area (Å²) in [4.78, 5) is 12.7. The van der Waals surface area contributed by atoms with Crippen molar-refractivity contribution in [2.75, 3.05) is 0 Å². The number of fused-ring (bicyclic) bond motifs is 1. The molecule has 0 radical (unpaired) electrons. The Morgan fingerprint density at radius 3 is 2.67 bits per heavy atom. The van der Waals surface area contributed by atoms with Crippen molar-refractivity contribution in [3.63, 3.8) is 0 Å². The molecule has 0 bridgehead atoms.